The van der Waals surface area contributed by atoms with Gasteiger partial charge in [0.15, 0.2) is 0 Å². The zero-order chi connectivity index (χ0) is 11.9. The molecule has 0 spiro atoms. The monoisotopic (exact) mass is 226 g/mol. The van der Waals surface area contributed by atoms with Crippen LogP contribution in [0.2, 0.25) is 0 Å². The summed E-state index contributed by atoms with van der Waals surface area (Å²) in [6.45, 7) is 5.60. The standard InChI is InChI=1S/C12H20NO3/c1-12(2,3)16-11(15)13-8-4-5-9(13)7-10(14)6-8/h8-10H,4-7H2,1-3H3. The fourth-order valence-electron chi connectivity index (χ4n) is 2.74. The number of hydrogen-bond acceptors (Lipinski definition) is 2. The summed E-state index contributed by atoms with van der Waals surface area (Å²) in [6, 6.07) is 0.243. The highest BCUT2D eigenvalue weighted by molar-refractivity contribution is 5.69. The topological polar surface area (TPSA) is 49.4 Å². The third kappa shape index (κ3) is 2.32. The molecule has 2 atom stereocenters. The molecule has 0 aromatic heterocycles. The number of fused-ring (bicyclic) bond motifs is 2. The first-order valence-corrected chi connectivity index (χ1v) is 6.04. The minimum Gasteiger partial charge on any atom is -0.444 e. The van der Waals surface area contributed by atoms with Gasteiger partial charge >= 0.3 is 6.09 Å². The van der Waals surface area contributed by atoms with Crippen LogP contribution in [-0.2, 0) is 9.84 Å². The molecule has 0 aromatic rings. The second kappa shape index (κ2) is 3.91. The van der Waals surface area contributed by atoms with Crippen LogP contribution in [0.25, 0.3) is 0 Å². The number of piperidine rings is 1. The number of hydrogen-bond donors (Lipinski definition) is 0. The summed E-state index contributed by atoms with van der Waals surface area (Å²) < 4.78 is 5.38. The summed E-state index contributed by atoms with van der Waals surface area (Å²) in [5, 5.41) is 11.5. The van der Waals surface area contributed by atoms with E-state index in [1.54, 1.807) is 4.90 Å². The maximum atomic E-state index is 12.0. The molecular formula is C12H20NO3. The van der Waals surface area contributed by atoms with Crippen molar-refractivity contribution in [2.75, 3.05) is 0 Å². The third-order valence-corrected chi connectivity index (χ3v) is 3.29. The molecule has 91 valence electrons. The van der Waals surface area contributed by atoms with E-state index in [1.807, 2.05) is 20.8 Å². The molecule has 2 rings (SSSR count). The van der Waals surface area contributed by atoms with Gasteiger partial charge in [0.1, 0.15) is 5.60 Å². The molecule has 2 bridgehead atoms. The second-order valence-corrected chi connectivity index (χ2v) is 5.87. The summed E-state index contributed by atoms with van der Waals surface area (Å²) >= 11 is 0. The highest BCUT2D eigenvalue weighted by Gasteiger charge is 2.44. The van der Waals surface area contributed by atoms with Crippen LogP contribution in [0.15, 0.2) is 0 Å². The summed E-state index contributed by atoms with van der Waals surface area (Å²) in [5.74, 6) is 0. The van der Waals surface area contributed by atoms with E-state index in [1.165, 1.54) is 0 Å². The molecule has 2 fully saturated rings. The van der Waals surface area contributed by atoms with Gasteiger partial charge in [-0.15, -0.1) is 0 Å². The number of nitrogens with zero attached hydrogens (tertiary/aromatic N) is 1. The van der Waals surface area contributed by atoms with Crippen LogP contribution in [0.4, 0.5) is 4.79 Å². The van der Waals surface area contributed by atoms with Gasteiger partial charge in [0.2, 0.25) is 0 Å². The molecule has 2 heterocycles. The van der Waals surface area contributed by atoms with Crippen molar-refractivity contribution >= 4 is 6.09 Å². The molecule has 2 aliphatic heterocycles. The molecule has 16 heavy (non-hydrogen) atoms. The molecule has 0 aromatic carbocycles. The van der Waals surface area contributed by atoms with Crippen LogP contribution in [0, 0.1) is 0 Å². The van der Waals surface area contributed by atoms with Crippen molar-refractivity contribution in [3.8, 4) is 0 Å². The van der Waals surface area contributed by atoms with E-state index in [4.69, 9.17) is 4.74 Å². The summed E-state index contributed by atoms with van der Waals surface area (Å²) in [5.41, 5.74) is -0.454. The Balaban J connectivity index is 2.03. The average molecular weight is 226 g/mol. The molecule has 2 aliphatic rings. The first-order chi connectivity index (χ1) is 7.37. The van der Waals surface area contributed by atoms with Gasteiger partial charge in [0.05, 0.1) is 6.10 Å². The Labute approximate surface area is 96.6 Å². The van der Waals surface area contributed by atoms with Crippen LogP contribution in [0.1, 0.15) is 46.5 Å². The summed E-state index contributed by atoms with van der Waals surface area (Å²) in [7, 11) is 0. The largest absolute Gasteiger partial charge is 0.444 e. The predicted octanol–water partition coefficient (Wildman–Crippen LogP) is 2.35. The fraction of sp³-hybridized carbons (Fsp3) is 0.917. The maximum Gasteiger partial charge on any atom is 0.410 e. The van der Waals surface area contributed by atoms with Gasteiger partial charge in [0.25, 0.3) is 0 Å². The Kier molecular flexibility index (Phi) is 2.86. The van der Waals surface area contributed by atoms with Crippen LogP contribution < -0.4 is 0 Å². The number of amides is 1. The zero-order valence-corrected chi connectivity index (χ0v) is 10.2. The Hall–Kier alpha value is -0.770. The van der Waals surface area contributed by atoms with Gasteiger partial charge < -0.3 is 9.64 Å². The summed E-state index contributed by atoms with van der Waals surface area (Å²) in [6.07, 6.45) is 2.37. The molecule has 2 saturated heterocycles. The number of carbonyl (C=O) groups excluding carboxylic acids is 1. The zero-order valence-electron chi connectivity index (χ0n) is 10.2. The SMILES string of the molecule is CC(C)(C)OC(=O)N1C2CCC1CC([O])C2. The van der Waals surface area contributed by atoms with E-state index >= 15 is 0 Å². The van der Waals surface area contributed by atoms with Gasteiger partial charge in [-0.1, -0.05) is 0 Å². The predicted molar refractivity (Wildman–Crippen MR) is 58.6 cm³/mol. The van der Waals surface area contributed by atoms with Gasteiger partial charge in [-0.2, -0.15) is 0 Å². The molecule has 4 nitrogen and oxygen atoms in total. The average Bonchev–Trinajstić information content (AvgIpc) is 2.36. The number of rotatable bonds is 0. The molecule has 4 heteroatoms. The van der Waals surface area contributed by atoms with Crippen molar-refractivity contribution in [1.82, 2.24) is 4.90 Å². The third-order valence-electron chi connectivity index (χ3n) is 3.29. The molecular weight excluding hydrogens is 206 g/mol. The Morgan fingerprint density at radius 1 is 1.19 bits per heavy atom. The van der Waals surface area contributed by atoms with Crippen molar-refractivity contribution in [1.29, 1.82) is 0 Å². The van der Waals surface area contributed by atoms with Gasteiger partial charge in [-0.3, -0.25) is 0 Å². The van der Waals surface area contributed by atoms with Crippen molar-refractivity contribution < 1.29 is 14.6 Å². The quantitative estimate of drug-likeness (QED) is 0.636. The van der Waals surface area contributed by atoms with Crippen molar-refractivity contribution in [3.05, 3.63) is 0 Å². The first-order valence-electron chi connectivity index (χ1n) is 6.04. The van der Waals surface area contributed by atoms with Crippen LogP contribution >= 0.6 is 0 Å². The molecule has 0 saturated carbocycles. The van der Waals surface area contributed by atoms with Gasteiger partial charge in [0, 0.05) is 12.1 Å². The van der Waals surface area contributed by atoms with Crippen molar-refractivity contribution in [2.45, 2.75) is 70.2 Å². The van der Waals surface area contributed by atoms with Crippen LogP contribution in [0.3, 0.4) is 0 Å². The Bertz CT molecular complexity index is 270. The normalized spacial score (nSPS) is 34.0. The lowest BCUT2D eigenvalue weighted by molar-refractivity contribution is -0.0273. The van der Waals surface area contributed by atoms with Gasteiger partial charge in [-0.05, 0) is 46.5 Å². The van der Waals surface area contributed by atoms with Crippen LogP contribution in [0.5, 0.6) is 0 Å². The summed E-state index contributed by atoms with van der Waals surface area (Å²) in [4.78, 5) is 13.8. The number of carbonyl (C=O) groups is 1. The van der Waals surface area contributed by atoms with E-state index in [2.05, 4.69) is 0 Å². The highest BCUT2D eigenvalue weighted by atomic mass is 16.6. The molecule has 1 radical (unpaired) electrons. The lowest BCUT2D eigenvalue weighted by atomic mass is 10.0. The lowest BCUT2D eigenvalue weighted by Crippen LogP contribution is -2.49. The first kappa shape index (κ1) is 11.7. The maximum absolute atomic E-state index is 12.0. The van der Waals surface area contributed by atoms with Crippen LogP contribution in [-0.4, -0.2) is 34.8 Å². The highest BCUT2D eigenvalue weighted by Crippen LogP contribution is 2.36. The van der Waals surface area contributed by atoms with E-state index in [0.717, 1.165) is 12.8 Å². The second-order valence-electron chi connectivity index (χ2n) is 5.87. The van der Waals surface area contributed by atoms with E-state index in [9.17, 15) is 9.90 Å². The Morgan fingerprint density at radius 2 is 1.69 bits per heavy atom. The van der Waals surface area contributed by atoms with E-state index < -0.39 is 11.7 Å². The van der Waals surface area contributed by atoms with Crippen molar-refractivity contribution in [2.24, 2.45) is 0 Å². The molecule has 1 amide bonds. The van der Waals surface area contributed by atoms with E-state index in [-0.39, 0.29) is 18.2 Å². The van der Waals surface area contributed by atoms with Gasteiger partial charge in [-0.25, -0.2) is 9.90 Å². The van der Waals surface area contributed by atoms with E-state index in [0.29, 0.717) is 12.8 Å². The number of ether oxygens (including phenoxy) is 1. The van der Waals surface area contributed by atoms with Crippen molar-refractivity contribution in [3.63, 3.8) is 0 Å². The minimum absolute atomic E-state index is 0.121. The molecule has 2 unspecified atom stereocenters. The molecule has 0 aliphatic carbocycles. The molecule has 0 N–H and O–H groups in total. The lowest BCUT2D eigenvalue weighted by Gasteiger charge is -2.37. The fourth-order valence-corrected chi connectivity index (χ4v) is 2.74. The minimum atomic E-state index is -0.490. The Morgan fingerprint density at radius 3 is 2.12 bits per heavy atom. The smallest absolute Gasteiger partial charge is 0.410 e.